The lowest BCUT2D eigenvalue weighted by Crippen LogP contribution is -2.09. The summed E-state index contributed by atoms with van der Waals surface area (Å²) in [5.41, 5.74) is 8.17. The van der Waals surface area contributed by atoms with Gasteiger partial charge in [-0.15, -0.1) is 0 Å². The van der Waals surface area contributed by atoms with Gasteiger partial charge in [0.15, 0.2) is 5.82 Å². The predicted octanol–water partition coefficient (Wildman–Crippen LogP) is 2.81. The number of benzene rings is 1. The van der Waals surface area contributed by atoms with Crippen molar-refractivity contribution in [2.45, 2.75) is 13.3 Å². The quantitative estimate of drug-likeness (QED) is 0.846. The molecular weight excluding hydrogens is 267 g/mol. The molecule has 0 aliphatic rings. The fraction of sp³-hybridized carbons (Fsp3) is 0.231. The molecule has 0 aliphatic carbocycles. The molecule has 0 spiro atoms. The molecule has 0 atom stereocenters. The summed E-state index contributed by atoms with van der Waals surface area (Å²) < 4.78 is 13.0. The van der Waals surface area contributed by atoms with E-state index >= 15 is 0 Å². The van der Waals surface area contributed by atoms with Gasteiger partial charge in [0.2, 0.25) is 5.28 Å². The normalized spacial score (nSPS) is 10.5. The molecule has 0 bridgehead atoms. The van der Waals surface area contributed by atoms with Gasteiger partial charge in [-0.1, -0.05) is 6.07 Å². The minimum atomic E-state index is -0.221. The maximum atomic E-state index is 13.0. The van der Waals surface area contributed by atoms with Gasteiger partial charge in [0.1, 0.15) is 5.82 Å². The van der Waals surface area contributed by atoms with Crippen molar-refractivity contribution in [1.82, 2.24) is 9.97 Å². The van der Waals surface area contributed by atoms with Crippen molar-refractivity contribution in [3.05, 3.63) is 46.6 Å². The zero-order valence-electron chi connectivity index (χ0n) is 10.5. The molecule has 100 valence electrons. The fourth-order valence-electron chi connectivity index (χ4n) is 1.77. The third-order valence-corrected chi connectivity index (χ3v) is 2.96. The minimum absolute atomic E-state index is 0.148. The summed E-state index contributed by atoms with van der Waals surface area (Å²) in [6, 6.07) is 4.76. The van der Waals surface area contributed by atoms with Crippen LogP contribution >= 0.6 is 11.6 Å². The van der Waals surface area contributed by atoms with E-state index in [0.717, 1.165) is 17.5 Å². The van der Waals surface area contributed by atoms with E-state index in [2.05, 4.69) is 15.3 Å². The number of nitrogens with one attached hydrogen (secondary N) is 1. The second-order valence-corrected chi connectivity index (χ2v) is 4.53. The van der Waals surface area contributed by atoms with Crippen LogP contribution in [0.15, 0.2) is 24.4 Å². The van der Waals surface area contributed by atoms with Gasteiger partial charge in [-0.3, -0.25) is 0 Å². The summed E-state index contributed by atoms with van der Waals surface area (Å²) >= 11 is 5.70. The molecule has 0 fully saturated rings. The first-order valence-electron chi connectivity index (χ1n) is 5.83. The Labute approximate surface area is 115 Å². The molecule has 4 nitrogen and oxygen atoms in total. The number of anilines is 2. The van der Waals surface area contributed by atoms with Gasteiger partial charge in [0.05, 0.1) is 11.9 Å². The smallest absolute Gasteiger partial charge is 0.224 e. The molecule has 6 heteroatoms. The Morgan fingerprint density at radius 1 is 1.42 bits per heavy atom. The molecule has 0 radical (unpaired) electrons. The molecule has 2 aromatic rings. The van der Waals surface area contributed by atoms with Crippen molar-refractivity contribution in [2.24, 2.45) is 0 Å². The highest BCUT2D eigenvalue weighted by Crippen LogP contribution is 2.16. The van der Waals surface area contributed by atoms with Gasteiger partial charge >= 0.3 is 0 Å². The Bertz CT molecular complexity index is 589. The van der Waals surface area contributed by atoms with E-state index in [-0.39, 0.29) is 11.1 Å². The van der Waals surface area contributed by atoms with Crippen LogP contribution in [0.2, 0.25) is 5.28 Å². The molecule has 0 amide bonds. The van der Waals surface area contributed by atoms with E-state index in [9.17, 15) is 4.39 Å². The van der Waals surface area contributed by atoms with Crippen LogP contribution in [0, 0.1) is 12.7 Å². The molecule has 19 heavy (non-hydrogen) atoms. The van der Waals surface area contributed by atoms with Gasteiger partial charge in [0.25, 0.3) is 0 Å². The van der Waals surface area contributed by atoms with Gasteiger partial charge < -0.3 is 11.1 Å². The van der Waals surface area contributed by atoms with Crippen LogP contribution in [0.4, 0.5) is 15.9 Å². The van der Waals surface area contributed by atoms with E-state index in [0.29, 0.717) is 18.1 Å². The maximum Gasteiger partial charge on any atom is 0.224 e. The Balaban J connectivity index is 1.98. The lowest BCUT2D eigenvalue weighted by atomic mass is 10.1. The van der Waals surface area contributed by atoms with Gasteiger partial charge in [0, 0.05) is 6.54 Å². The van der Waals surface area contributed by atoms with Crippen molar-refractivity contribution >= 4 is 23.1 Å². The van der Waals surface area contributed by atoms with Crippen LogP contribution in [0.1, 0.15) is 11.1 Å². The molecule has 1 heterocycles. The second-order valence-electron chi connectivity index (χ2n) is 4.19. The molecule has 1 aromatic heterocycles. The van der Waals surface area contributed by atoms with E-state index in [4.69, 9.17) is 17.3 Å². The van der Waals surface area contributed by atoms with E-state index in [1.54, 1.807) is 6.07 Å². The number of nitrogens with two attached hydrogens (primary N) is 1. The van der Waals surface area contributed by atoms with Crippen LogP contribution in [0.5, 0.6) is 0 Å². The Morgan fingerprint density at radius 2 is 2.21 bits per heavy atom. The number of nitrogens with zero attached hydrogens (tertiary/aromatic N) is 2. The van der Waals surface area contributed by atoms with Crippen LogP contribution in [-0.2, 0) is 6.42 Å². The summed E-state index contributed by atoms with van der Waals surface area (Å²) in [5, 5.41) is 3.24. The van der Waals surface area contributed by atoms with E-state index in [1.807, 2.05) is 6.92 Å². The fourth-order valence-corrected chi connectivity index (χ4v) is 1.90. The number of aryl methyl sites for hydroxylation is 1. The maximum absolute atomic E-state index is 13.0. The predicted molar refractivity (Wildman–Crippen MR) is 74.8 cm³/mol. The molecule has 2 rings (SSSR count). The zero-order chi connectivity index (χ0) is 13.8. The molecule has 0 aliphatic heterocycles. The lowest BCUT2D eigenvalue weighted by Gasteiger charge is -2.09. The van der Waals surface area contributed by atoms with Crippen LogP contribution in [-0.4, -0.2) is 16.5 Å². The monoisotopic (exact) mass is 280 g/mol. The molecule has 3 N–H and O–H groups in total. The Hall–Kier alpha value is -1.88. The second kappa shape index (κ2) is 5.84. The third-order valence-electron chi connectivity index (χ3n) is 2.78. The number of halogens is 2. The van der Waals surface area contributed by atoms with E-state index < -0.39 is 0 Å². The molecular formula is C13H14ClFN4. The number of hydrogen-bond donors (Lipinski definition) is 2. The van der Waals surface area contributed by atoms with Crippen LogP contribution in [0.3, 0.4) is 0 Å². The molecule has 0 saturated carbocycles. The summed E-state index contributed by atoms with van der Waals surface area (Å²) in [4.78, 5) is 7.78. The highest BCUT2D eigenvalue weighted by atomic mass is 35.5. The number of rotatable bonds is 4. The largest absolute Gasteiger partial charge is 0.394 e. The Kier molecular flexibility index (Phi) is 4.16. The molecule has 0 unspecified atom stereocenters. The van der Waals surface area contributed by atoms with Crippen LogP contribution < -0.4 is 11.1 Å². The van der Waals surface area contributed by atoms with Crippen molar-refractivity contribution < 1.29 is 4.39 Å². The van der Waals surface area contributed by atoms with E-state index in [1.165, 1.54) is 18.3 Å². The summed E-state index contributed by atoms with van der Waals surface area (Å²) in [6.45, 7) is 2.51. The third kappa shape index (κ3) is 3.54. The summed E-state index contributed by atoms with van der Waals surface area (Å²) in [5.74, 6) is 0.292. The Morgan fingerprint density at radius 3 is 2.95 bits per heavy atom. The van der Waals surface area contributed by atoms with Gasteiger partial charge in [-0.2, -0.15) is 4.98 Å². The molecule has 0 saturated heterocycles. The van der Waals surface area contributed by atoms with Crippen molar-refractivity contribution in [1.29, 1.82) is 0 Å². The average molecular weight is 281 g/mol. The number of nitrogen functional groups attached to an aromatic ring is 1. The van der Waals surface area contributed by atoms with Crippen molar-refractivity contribution in [3.8, 4) is 0 Å². The zero-order valence-corrected chi connectivity index (χ0v) is 11.2. The number of hydrogen-bond acceptors (Lipinski definition) is 4. The topological polar surface area (TPSA) is 63.8 Å². The van der Waals surface area contributed by atoms with Crippen LogP contribution in [0.25, 0.3) is 0 Å². The summed E-state index contributed by atoms with van der Waals surface area (Å²) in [6.07, 6.45) is 2.20. The summed E-state index contributed by atoms with van der Waals surface area (Å²) in [7, 11) is 0. The highest BCUT2D eigenvalue weighted by molar-refractivity contribution is 6.28. The first-order chi connectivity index (χ1) is 9.06. The standard InChI is InChI=1S/C13H14ClFN4/c1-8-6-10(15)3-2-9(8)4-5-17-12-11(16)7-18-13(14)19-12/h2-3,6-7H,4-5,16H2,1H3,(H,17,18,19). The first kappa shape index (κ1) is 13.5. The first-order valence-corrected chi connectivity index (χ1v) is 6.21. The van der Waals surface area contributed by atoms with Crippen molar-refractivity contribution in [3.63, 3.8) is 0 Å². The minimum Gasteiger partial charge on any atom is -0.394 e. The molecule has 1 aromatic carbocycles. The lowest BCUT2D eigenvalue weighted by molar-refractivity contribution is 0.625. The van der Waals surface area contributed by atoms with Crippen molar-refractivity contribution in [2.75, 3.05) is 17.6 Å². The highest BCUT2D eigenvalue weighted by Gasteiger charge is 2.04. The number of aromatic nitrogens is 2. The van der Waals surface area contributed by atoms with Gasteiger partial charge in [-0.25, -0.2) is 9.37 Å². The average Bonchev–Trinajstić information content (AvgIpc) is 2.36. The SMILES string of the molecule is Cc1cc(F)ccc1CCNc1nc(Cl)ncc1N. The van der Waals surface area contributed by atoms with Gasteiger partial charge in [-0.05, 0) is 48.2 Å².